The zero-order chi connectivity index (χ0) is 31.8. The molecule has 232 valence electrons. The third-order valence-corrected chi connectivity index (χ3v) is 10.3. The van der Waals surface area contributed by atoms with E-state index >= 15 is 0 Å². The van der Waals surface area contributed by atoms with Crippen molar-refractivity contribution >= 4 is 21.6 Å². The number of nitrogens with zero attached hydrogens (tertiary/aromatic N) is 5. The van der Waals surface area contributed by atoms with E-state index in [0.29, 0.717) is 35.1 Å². The third-order valence-electron chi connectivity index (χ3n) is 8.51. The van der Waals surface area contributed by atoms with Crippen LogP contribution in [-0.2, 0) is 27.5 Å². The molecule has 1 aliphatic heterocycles. The molecule has 4 heterocycles. The van der Waals surface area contributed by atoms with Crippen molar-refractivity contribution in [2.75, 3.05) is 6.54 Å². The number of fused-ring (bicyclic) bond motifs is 2. The van der Waals surface area contributed by atoms with Gasteiger partial charge in [0, 0.05) is 24.9 Å². The second-order valence-corrected chi connectivity index (χ2v) is 14.1. The number of sulfonamides is 1. The second kappa shape index (κ2) is 9.99. The molecule has 6 rings (SSSR count). The first kappa shape index (κ1) is 30.0. The molecule has 0 amide bonds. The lowest BCUT2D eigenvalue weighted by Crippen LogP contribution is -2.38. The SMILES string of the molecule is Cc1cnc2c(c1)S(=O)(=O)N(Cc1cc([C@@H](c3ccn4c(C(F)(F)F)nnc4c3)C(C)(C)C(=O)O)ccc1C)CC1(CC1)O2. The van der Waals surface area contributed by atoms with Crippen LogP contribution in [0.25, 0.3) is 5.65 Å². The van der Waals surface area contributed by atoms with Crippen molar-refractivity contribution < 1.29 is 36.2 Å². The Morgan fingerprint density at radius 2 is 1.80 bits per heavy atom. The van der Waals surface area contributed by atoms with Crippen molar-refractivity contribution in [3.05, 3.63) is 82.4 Å². The van der Waals surface area contributed by atoms with Gasteiger partial charge < -0.3 is 9.84 Å². The van der Waals surface area contributed by atoms with Crippen LogP contribution in [0.5, 0.6) is 5.88 Å². The van der Waals surface area contributed by atoms with E-state index in [1.165, 1.54) is 36.5 Å². The molecule has 2 aliphatic rings. The molecule has 1 fully saturated rings. The smallest absolute Gasteiger partial charge is 0.452 e. The van der Waals surface area contributed by atoms with Crippen LogP contribution in [0.3, 0.4) is 0 Å². The average Bonchev–Trinajstić information content (AvgIpc) is 3.56. The lowest BCUT2D eigenvalue weighted by Gasteiger charge is -2.32. The van der Waals surface area contributed by atoms with E-state index < -0.39 is 44.9 Å². The highest BCUT2D eigenvalue weighted by molar-refractivity contribution is 7.89. The topological polar surface area (TPSA) is 127 Å². The van der Waals surface area contributed by atoms with E-state index in [2.05, 4.69) is 15.2 Å². The highest BCUT2D eigenvalue weighted by atomic mass is 32.2. The molecule has 14 heteroatoms. The normalized spacial score (nSPS) is 18.4. The van der Waals surface area contributed by atoms with Gasteiger partial charge in [0.2, 0.25) is 21.7 Å². The molecule has 1 atom stereocenters. The number of carboxylic acids is 1. The quantitative estimate of drug-likeness (QED) is 0.312. The Bertz CT molecular complexity index is 1920. The summed E-state index contributed by atoms with van der Waals surface area (Å²) in [6.07, 6.45) is -0.607. The summed E-state index contributed by atoms with van der Waals surface area (Å²) < 4.78 is 76.4. The Hall–Kier alpha value is -4.04. The van der Waals surface area contributed by atoms with Gasteiger partial charge in [-0.15, -0.1) is 10.2 Å². The number of hydrogen-bond donors (Lipinski definition) is 1. The van der Waals surface area contributed by atoms with Crippen LogP contribution in [0.1, 0.15) is 66.2 Å². The monoisotopic (exact) mass is 629 g/mol. The summed E-state index contributed by atoms with van der Waals surface area (Å²) in [5, 5.41) is 17.2. The maximum atomic E-state index is 13.9. The number of hydrogen-bond acceptors (Lipinski definition) is 7. The molecule has 1 saturated carbocycles. The fourth-order valence-electron chi connectivity index (χ4n) is 5.77. The fourth-order valence-corrected chi connectivity index (χ4v) is 7.42. The van der Waals surface area contributed by atoms with E-state index in [9.17, 15) is 31.5 Å². The fraction of sp³-hybridized carbons (Fsp3) is 0.400. The minimum atomic E-state index is -4.72. The minimum Gasteiger partial charge on any atom is -0.481 e. The molecule has 1 aliphatic carbocycles. The molecule has 0 saturated heterocycles. The summed E-state index contributed by atoms with van der Waals surface area (Å²) >= 11 is 0. The van der Waals surface area contributed by atoms with Crippen LogP contribution in [0.4, 0.5) is 13.2 Å². The van der Waals surface area contributed by atoms with Gasteiger partial charge in [-0.25, -0.2) is 13.4 Å². The number of aromatic nitrogens is 4. The number of benzene rings is 1. The summed E-state index contributed by atoms with van der Waals surface area (Å²) in [4.78, 5) is 16.8. The largest absolute Gasteiger partial charge is 0.481 e. The van der Waals surface area contributed by atoms with Gasteiger partial charge in [0.25, 0.3) is 0 Å². The zero-order valence-corrected chi connectivity index (χ0v) is 25.2. The minimum absolute atomic E-state index is 0.000180. The molecule has 1 spiro atoms. The van der Waals surface area contributed by atoms with Gasteiger partial charge in [-0.05, 0) is 86.6 Å². The standard InChI is InChI=1S/C30H30F3N5O5S/c1-17-11-22-25(34-14-17)43-29(8-9-29)16-37(44(22,41)42)15-21-12-19(6-5-18(21)2)24(28(3,4)27(39)40)20-7-10-38-23(13-20)35-36-26(38)30(31,32)33/h5-7,10-14,24H,8-9,15-16H2,1-4H3,(H,39,40)/t24-/m0/s1. The molecule has 44 heavy (non-hydrogen) atoms. The molecule has 0 bridgehead atoms. The van der Waals surface area contributed by atoms with Gasteiger partial charge in [0.15, 0.2) is 5.65 Å². The Labute approximate surface area is 251 Å². The molecule has 0 unspecified atom stereocenters. The number of carbonyl (C=O) groups is 1. The van der Waals surface area contributed by atoms with Gasteiger partial charge in [-0.2, -0.15) is 17.5 Å². The molecular formula is C30H30F3N5O5S. The van der Waals surface area contributed by atoms with Crippen molar-refractivity contribution in [3.8, 4) is 5.88 Å². The third kappa shape index (κ3) is 5.09. The van der Waals surface area contributed by atoms with E-state index in [1.54, 1.807) is 37.4 Å². The van der Waals surface area contributed by atoms with Crippen molar-refractivity contribution in [2.45, 2.75) is 69.7 Å². The molecular weight excluding hydrogens is 599 g/mol. The number of carboxylic acid groups (broad SMARTS) is 1. The zero-order valence-electron chi connectivity index (χ0n) is 24.4. The van der Waals surface area contributed by atoms with Gasteiger partial charge in [-0.3, -0.25) is 9.20 Å². The lowest BCUT2D eigenvalue weighted by molar-refractivity contribution is -0.147. The lowest BCUT2D eigenvalue weighted by atomic mass is 9.71. The van der Waals surface area contributed by atoms with Gasteiger partial charge in [0.1, 0.15) is 10.5 Å². The van der Waals surface area contributed by atoms with Gasteiger partial charge in [-0.1, -0.05) is 18.2 Å². The summed E-state index contributed by atoms with van der Waals surface area (Å²) in [5.74, 6) is -3.05. The average molecular weight is 630 g/mol. The highest BCUT2D eigenvalue weighted by Gasteiger charge is 2.52. The summed E-state index contributed by atoms with van der Waals surface area (Å²) in [7, 11) is -4.01. The number of pyridine rings is 2. The maximum absolute atomic E-state index is 13.9. The first-order valence-electron chi connectivity index (χ1n) is 13.9. The molecule has 3 aromatic heterocycles. The van der Waals surface area contributed by atoms with Crippen molar-refractivity contribution in [3.63, 3.8) is 0 Å². The van der Waals surface area contributed by atoms with Crippen LogP contribution >= 0.6 is 0 Å². The molecule has 0 radical (unpaired) electrons. The summed E-state index contributed by atoms with van der Waals surface area (Å²) in [6.45, 7) is 6.79. The maximum Gasteiger partial charge on any atom is 0.452 e. The number of aliphatic carboxylic acids is 1. The van der Waals surface area contributed by atoms with E-state index in [4.69, 9.17) is 4.74 Å². The van der Waals surface area contributed by atoms with Crippen LogP contribution in [-0.4, -0.2) is 55.5 Å². The van der Waals surface area contributed by atoms with Crippen LogP contribution in [0.15, 0.2) is 53.7 Å². The van der Waals surface area contributed by atoms with Crippen molar-refractivity contribution in [1.29, 1.82) is 0 Å². The first-order chi connectivity index (χ1) is 20.5. The van der Waals surface area contributed by atoms with E-state index in [1.807, 2.05) is 6.92 Å². The van der Waals surface area contributed by atoms with Crippen molar-refractivity contribution in [1.82, 2.24) is 23.9 Å². The van der Waals surface area contributed by atoms with E-state index in [0.717, 1.165) is 9.96 Å². The number of aryl methyl sites for hydroxylation is 2. The predicted molar refractivity (Wildman–Crippen MR) is 152 cm³/mol. The number of ether oxygens (including phenoxy) is 1. The van der Waals surface area contributed by atoms with Crippen LogP contribution in [0.2, 0.25) is 0 Å². The first-order valence-corrected chi connectivity index (χ1v) is 15.4. The summed E-state index contributed by atoms with van der Waals surface area (Å²) in [6, 6.07) is 9.70. The number of alkyl halides is 3. The predicted octanol–water partition coefficient (Wildman–Crippen LogP) is 5.12. The van der Waals surface area contributed by atoms with Crippen LogP contribution in [0, 0.1) is 19.3 Å². The van der Waals surface area contributed by atoms with E-state index in [-0.39, 0.29) is 29.5 Å². The highest BCUT2D eigenvalue weighted by Crippen LogP contribution is 2.47. The Morgan fingerprint density at radius 3 is 2.45 bits per heavy atom. The number of halogens is 3. The van der Waals surface area contributed by atoms with Gasteiger partial charge >= 0.3 is 12.1 Å². The second-order valence-electron chi connectivity index (χ2n) is 12.2. The van der Waals surface area contributed by atoms with Crippen LogP contribution < -0.4 is 4.74 Å². The Kier molecular flexibility index (Phi) is 6.81. The molecule has 1 N–H and O–H groups in total. The van der Waals surface area contributed by atoms with Gasteiger partial charge in [0.05, 0.1) is 12.0 Å². The number of rotatable bonds is 6. The van der Waals surface area contributed by atoms with Crippen molar-refractivity contribution in [2.24, 2.45) is 5.41 Å². The molecule has 4 aromatic rings. The summed E-state index contributed by atoms with van der Waals surface area (Å²) in [5.41, 5.74) is 0.928. The Balaban J connectivity index is 1.43. The molecule has 1 aromatic carbocycles. The molecule has 10 nitrogen and oxygen atoms in total. The Morgan fingerprint density at radius 1 is 1.09 bits per heavy atom.